The first kappa shape index (κ1) is 18.7. The molecule has 2 aromatic carbocycles. The second-order valence-corrected chi connectivity index (χ2v) is 6.28. The average molecular weight is 430 g/mol. The molecule has 2 N–H and O–H groups in total. The number of hydrazone groups is 1. The SMILES string of the molecule is O=C(CNC(=O)c1ccc2c(c1)OCO2)NN=C(Br)/C=C/c1ccccc1. The number of fused-ring (bicyclic) bond motifs is 1. The lowest BCUT2D eigenvalue weighted by Gasteiger charge is -2.05. The Kier molecular flexibility index (Phi) is 6.22. The van der Waals surface area contributed by atoms with E-state index in [0.717, 1.165) is 5.56 Å². The van der Waals surface area contributed by atoms with Crippen LogP contribution >= 0.6 is 15.9 Å². The van der Waals surface area contributed by atoms with Crippen LogP contribution in [0.1, 0.15) is 15.9 Å². The zero-order chi connectivity index (χ0) is 19.1. The summed E-state index contributed by atoms with van der Waals surface area (Å²) in [6.45, 7) is -0.0755. The number of carbonyl (C=O) groups excluding carboxylic acids is 2. The van der Waals surface area contributed by atoms with Crippen molar-refractivity contribution in [1.29, 1.82) is 0 Å². The van der Waals surface area contributed by atoms with E-state index in [2.05, 4.69) is 31.8 Å². The molecule has 0 bridgehead atoms. The van der Waals surface area contributed by atoms with E-state index in [1.165, 1.54) is 0 Å². The summed E-state index contributed by atoms with van der Waals surface area (Å²) in [7, 11) is 0. The molecule has 1 aliphatic heterocycles. The van der Waals surface area contributed by atoms with Crippen molar-refractivity contribution in [2.24, 2.45) is 5.10 Å². The molecular weight excluding hydrogens is 414 g/mol. The highest BCUT2D eigenvalue weighted by molar-refractivity contribution is 9.18. The first-order valence-electron chi connectivity index (χ1n) is 8.05. The maximum atomic E-state index is 12.1. The number of allylic oxidation sites excluding steroid dienone is 1. The van der Waals surface area contributed by atoms with Crippen LogP contribution in [-0.4, -0.2) is 29.8 Å². The number of ether oxygens (including phenoxy) is 2. The van der Waals surface area contributed by atoms with Gasteiger partial charge in [0.25, 0.3) is 11.8 Å². The summed E-state index contributed by atoms with van der Waals surface area (Å²) in [6, 6.07) is 14.5. The van der Waals surface area contributed by atoms with Crippen molar-refractivity contribution < 1.29 is 19.1 Å². The topological polar surface area (TPSA) is 89.0 Å². The zero-order valence-corrected chi connectivity index (χ0v) is 15.7. The van der Waals surface area contributed by atoms with Crippen LogP contribution in [0, 0.1) is 0 Å². The summed E-state index contributed by atoms with van der Waals surface area (Å²) in [6.07, 6.45) is 3.56. The highest BCUT2D eigenvalue weighted by atomic mass is 79.9. The number of hydrogen-bond donors (Lipinski definition) is 2. The third kappa shape index (κ3) is 5.42. The van der Waals surface area contributed by atoms with Crippen LogP contribution in [0.4, 0.5) is 0 Å². The Labute approximate surface area is 164 Å². The minimum Gasteiger partial charge on any atom is -0.454 e. The fraction of sp³-hybridized carbons (Fsp3) is 0.105. The Hall–Kier alpha value is -3.13. The van der Waals surface area contributed by atoms with E-state index < -0.39 is 11.8 Å². The monoisotopic (exact) mass is 429 g/mol. The van der Waals surface area contributed by atoms with E-state index in [1.54, 1.807) is 24.3 Å². The summed E-state index contributed by atoms with van der Waals surface area (Å²) < 4.78 is 10.9. The van der Waals surface area contributed by atoms with Crippen molar-refractivity contribution in [3.05, 3.63) is 65.7 Å². The molecule has 0 saturated heterocycles. The molecule has 1 heterocycles. The maximum Gasteiger partial charge on any atom is 0.259 e. The van der Waals surface area contributed by atoms with E-state index in [4.69, 9.17) is 9.47 Å². The van der Waals surface area contributed by atoms with Gasteiger partial charge in [-0.2, -0.15) is 5.10 Å². The Morgan fingerprint density at radius 2 is 1.89 bits per heavy atom. The zero-order valence-electron chi connectivity index (χ0n) is 14.1. The Morgan fingerprint density at radius 1 is 1.11 bits per heavy atom. The molecule has 1 aliphatic rings. The predicted molar refractivity (Wildman–Crippen MR) is 105 cm³/mol. The van der Waals surface area contributed by atoms with Gasteiger partial charge in [-0.1, -0.05) is 36.4 Å². The lowest BCUT2D eigenvalue weighted by molar-refractivity contribution is -0.120. The van der Waals surface area contributed by atoms with Gasteiger partial charge in [0, 0.05) is 5.56 Å². The first-order chi connectivity index (χ1) is 13.1. The molecule has 0 radical (unpaired) electrons. The van der Waals surface area contributed by atoms with Crippen LogP contribution < -0.4 is 20.2 Å². The summed E-state index contributed by atoms with van der Waals surface area (Å²) >= 11 is 3.24. The normalized spacial score (nSPS) is 12.9. The van der Waals surface area contributed by atoms with E-state index in [9.17, 15) is 9.59 Å². The molecule has 0 spiro atoms. The highest BCUT2D eigenvalue weighted by Gasteiger charge is 2.16. The van der Waals surface area contributed by atoms with Crippen molar-refractivity contribution in [2.45, 2.75) is 0 Å². The molecule has 0 aliphatic carbocycles. The number of nitrogens with zero attached hydrogens (tertiary/aromatic N) is 1. The summed E-state index contributed by atoms with van der Waals surface area (Å²) in [5.41, 5.74) is 3.74. The first-order valence-corrected chi connectivity index (χ1v) is 8.84. The van der Waals surface area contributed by atoms with Gasteiger partial charge in [-0.05, 0) is 45.8 Å². The van der Waals surface area contributed by atoms with Gasteiger partial charge in [-0.25, -0.2) is 5.43 Å². The minimum absolute atomic E-state index is 0.133. The van der Waals surface area contributed by atoms with Gasteiger partial charge in [-0.15, -0.1) is 0 Å². The van der Waals surface area contributed by atoms with Crippen molar-refractivity contribution in [1.82, 2.24) is 10.7 Å². The number of rotatable bonds is 6. The Morgan fingerprint density at radius 3 is 2.70 bits per heavy atom. The molecular formula is C19H16BrN3O4. The number of nitrogens with one attached hydrogen (secondary N) is 2. The van der Waals surface area contributed by atoms with Crippen LogP contribution in [0.3, 0.4) is 0 Å². The van der Waals surface area contributed by atoms with Gasteiger partial charge in [0.2, 0.25) is 6.79 Å². The van der Waals surface area contributed by atoms with Crippen LogP contribution in [0.25, 0.3) is 6.08 Å². The maximum absolute atomic E-state index is 12.1. The standard InChI is InChI=1S/C19H16BrN3O4/c20-17(9-6-13-4-2-1-3-5-13)22-23-18(24)11-21-19(25)14-7-8-15-16(10-14)27-12-26-15/h1-10H,11-12H2,(H,21,25)(H,23,24)/b9-6+,22-17?. The van der Waals surface area contributed by atoms with E-state index in [0.29, 0.717) is 21.7 Å². The number of hydrogen-bond acceptors (Lipinski definition) is 5. The van der Waals surface area contributed by atoms with Crippen molar-refractivity contribution in [3.8, 4) is 11.5 Å². The summed E-state index contributed by atoms with van der Waals surface area (Å²) in [5.74, 6) is 0.252. The molecule has 2 amide bonds. The van der Waals surface area contributed by atoms with E-state index in [1.807, 2.05) is 36.4 Å². The molecule has 3 rings (SSSR count). The van der Waals surface area contributed by atoms with Gasteiger partial charge in [-0.3, -0.25) is 9.59 Å². The number of amides is 2. The highest BCUT2D eigenvalue weighted by Crippen LogP contribution is 2.32. The van der Waals surface area contributed by atoms with Gasteiger partial charge in [0.05, 0.1) is 6.54 Å². The number of halogens is 1. The molecule has 0 saturated carbocycles. The Bertz CT molecular complexity index is 897. The third-order valence-corrected chi connectivity index (χ3v) is 3.99. The molecule has 2 aromatic rings. The summed E-state index contributed by atoms with van der Waals surface area (Å²) in [4.78, 5) is 23.9. The lowest BCUT2D eigenvalue weighted by Crippen LogP contribution is -2.35. The van der Waals surface area contributed by atoms with Crippen molar-refractivity contribution >= 4 is 38.4 Å². The fourth-order valence-corrected chi connectivity index (χ4v) is 2.44. The van der Waals surface area contributed by atoms with Crippen LogP contribution in [0.15, 0.2) is 59.7 Å². The number of benzene rings is 2. The molecule has 138 valence electrons. The number of carbonyl (C=O) groups is 2. The van der Waals surface area contributed by atoms with Crippen molar-refractivity contribution in [3.63, 3.8) is 0 Å². The summed E-state index contributed by atoms with van der Waals surface area (Å²) in [5, 5.41) is 6.42. The molecule has 0 aromatic heterocycles. The second-order valence-electron chi connectivity index (χ2n) is 5.46. The van der Waals surface area contributed by atoms with Crippen LogP contribution in [-0.2, 0) is 4.79 Å². The van der Waals surface area contributed by atoms with E-state index in [-0.39, 0.29) is 13.3 Å². The smallest absolute Gasteiger partial charge is 0.259 e. The van der Waals surface area contributed by atoms with Gasteiger partial charge in [0.1, 0.15) is 4.62 Å². The molecule has 8 heteroatoms. The van der Waals surface area contributed by atoms with Crippen LogP contribution in [0.5, 0.6) is 11.5 Å². The molecule has 0 unspecified atom stereocenters. The minimum atomic E-state index is -0.450. The van der Waals surface area contributed by atoms with Gasteiger partial charge in [0.15, 0.2) is 11.5 Å². The third-order valence-electron chi connectivity index (χ3n) is 3.54. The molecule has 0 fully saturated rings. The molecule has 0 atom stereocenters. The largest absolute Gasteiger partial charge is 0.454 e. The molecule has 27 heavy (non-hydrogen) atoms. The second kappa shape index (κ2) is 9.00. The van der Waals surface area contributed by atoms with Crippen molar-refractivity contribution in [2.75, 3.05) is 13.3 Å². The average Bonchev–Trinajstić information content (AvgIpc) is 3.17. The fourth-order valence-electron chi connectivity index (χ4n) is 2.22. The lowest BCUT2D eigenvalue weighted by atomic mass is 10.2. The quantitative estimate of drug-likeness (QED) is 0.545. The van der Waals surface area contributed by atoms with Crippen LogP contribution in [0.2, 0.25) is 0 Å². The predicted octanol–water partition coefficient (Wildman–Crippen LogP) is 2.68. The van der Waals surface area contributed by atoms with Gasteiger partial charge < -0.3 is 14.8 Å². The van der Waals surface area contributed by atoms with E-state index >= 15 is 0 Å². The Balaban J connectivity index is 1.46. The molecule has 7 nitrogen and oxygen atoms in total. The van der Waals surface area contributed by atoms with Gasteiger partial charge >= 0.3 is 0 Å².